The van der Waals surface area contributed by atoms with Crippen LogP contribution in [0.15, 0.2) is 40.2 Å². The molecule has 0 saturated heterocycles. The molecule has 0 aliphatic carbocycles. The molecular formula is C13H11BrN2O2S2. The van der Waals surface area contributed by atoms with Gasteiger partial charge in [-0.15, -0.1) is 11.3 Å². The van der Waals surface area contributed by atoms with E-state index in [4.69, 9.17) is 17.0 Å². The maximum absolute atomic E-state index is 11.8. The van der Waals surface area contributed by atoms with Gasteiger partial charge < -0.3 is 10.1 Å². The third-order valence-corrected chi connectivity index (χ3v) is 4.07. The third-order valence-electron chi connectivity index (χ3n) is 2.38. The molecule has 0 bridgehead atoms. The number of amides is 1. The molecule has 4 nitrogen and oxygen atoms in total. The van der Waals surface area contributed by atoms with Gasteiger partial charge in [-0.25, -0.2) is 0 Å². The quantitative estimate of drug-likeness (QED) is 0.809. The Kier molecular flexibility index (Phi) is 5.11. The van der Waals surface area contributed by atoms with Crippen molar-refractivity contribution in [1.29, 1.82) is 0 Å². The lowest BCUT2D eigenvalue weighted by atomic mass is 10.3. The summed E-state index contributed by atoms with van der Waals surface area (Å²) in [6.07, 6.45) is 0. The first-order valence-corrected chi connectivity index (χ1v) is 7.67. The number of thiophene rings is 1. The van der Waals surface area contributed by atoms with Gasteiger partial charge in [0.1, 0.15) is 5.75 Å². The standard InChI is InChI=1S/C13H11BrN2O2S2/c1-18-10-5-4-8(7-9(10)14)15-13(19)16-12(17)11-3-2-6-20-11/h2-7H,1H3,(H2,15,16,17,19). The smallest absolute Gasteiger partial charge is 0.267 e. The zero-order valence-electron chi connectivity index (χ0n) is 10.5. The number of thiocarbonyl (C=S) groups is 1. The van der Waals surface area contributed by atoms with Crippen molar-refractivity contribution in [1.82, 2.24) is 5.32 Å². The molecule has 1 heterocycles. The van der Waals surface area contributed by atoms with Crippen molar-refractivity contribution < 1.29 is 9.53 Å². The molecule has 0 saturated carbocycles. The summed E-state index contributed by atoms with van der Waals surface area (Å²) in [5.74, 6) is 0.508. The van der Waals surface area contributed by atoms with Crippen LogP contribution in [0.25, 0.3) is 0 Å². The van der Waals surface area contributed by atoms with Crippen LogP contribution in [-0.4, -0.2) is 18.1 Å². The summed E-state index contributed by atoms with van der Waals surface area (Å²) in [5.41, 5.74) is 0.758. The van der Waals surface area contributed by atoms with E-state index in [-0.39, 0.29) is 11.0 Å². The molecule has 1 amide bonds. The van der Waals surface area contributed by atoms with Gasteiger partial charge >= 0.3 is 0 Å². The first-order chi connectivity index (χ1) is 9.60. The molecular weight excluding hydrogens is 360 g/mol. The van der Waals surface area contributed by atoms with Gasteiger partial charge in [-0.1, -0.05) is 6.07 Å². The van der Waals surface area contributed by atoms with Crippen LogP contribution in [0.4, 0.5) is 5.69 Å². The van der Waals surface area contributed by atoms with E-state index >= 15 is 0 Å². The van der Waals surface area contributed by atoms with E-state index in [0.29, 0.717) is 4.88 Å². The number of ether oxygens (including phenoxy) is 1. The number of nitrogens with one attached hydrogen (secondary N) is 2. The average molecular weight is 371 g/mol. The van der Waals surface area contributed by atoms with Crippen molar-refractivity contribution in [2.24, 2.45) is 0 Å². The van der Waals surface area contributed by atoms with E-state index in [0.717, 1.165) is 15.9 Å². The fourth-order valence-corrected chi connectivity index (χ4v) is 2.85. The molecule has 0 unspecified atom stereocenters. The third kappa shape index (κ3) is 3.78. The van der Waals surface area contributed by atoms with Crippen LogP contribution in [0.2, 0.25) is 0 Å². The van der Waals surface area contributed by atoms with Crippen molar-refractivity contribution in [3.63, 3.8) is 0 Å². The van der Waals surface area contributed by atoms with Crippen molar-refractivity contribution in [2.45, 2.75) is 0 Å². The second kappa shape index (κ2) is 6.83. The number of hydrogen-bond acceptors (Lipinski definition) is 4. The normalized spacial score (nSPS) is 9.90. The highest BCUT2D eigenvalue weighted by molar-refractivity contribution is 9.10. The molecule has 2 aromatic rings. The van der Waals surface area contributed by atoms with Crippen LogP contribution in [0.3, 0.4) is 0 Å². The minimum Gasteiger partial charge on any atom is -0.496 e. The second-order valence-electron chi connectivity index (χ2n) is 3.73. The number of methoxy groups -OCH3 is 1. The predicted molar refractivity (Wildman–Crippen MR) is 88.7 cm³/mol. The summed E-state index contributed by atoms with van der Waals surface area (Å²) in [6, 6.07) is 9.00. The fourth-order valence-electron chi connectivity index (χ4n) is 1.48. The van der Waals surface area contributed by atoms with Gasteiger partial charge in [0.05, 0.1) is 16.5 Å². The van der Waals surface area contributed by atoms with E-state index in [9.17, 15) is 4.79 Å². The monoisotopic (exact) mass is 370 g/mol. The van der Waals surface area contributed by atoms with Gasteiger partial charge in [-0.2, -0.15) is 0 Å². The molecule has 0 fully saturated rings. The SMILES string of the molecule is COc1ccc(NC(=S)NC(=O)c2cccs2)cc1Br. The number of rotatable bonds is 3. The maximum Gasteiger partial charge on any atom is 0.267 e. The molecule has 0 aliphatic heterocycles. The van der Waals surface area contributed by atoms with Crippen LogP contribution in [0, 0.1) is 0 Å². The summed E-state index contributed by atoms with van der Waals surface area (Å²) in [4.78, 5) is 12.4. The highest BCUT2D eigenvalue weighted by atomic mass is 79.9. The summed E-state index contributed by atoms with van der Waals surface area (Å²) in [6.45, 7) is 0. The van der Waals surface area contributed by atoms with Crippen LogP contribution in [-0.2, 0) is 0 Å². The molecule has 0 atom stereocenters. The van der Waals surface area contributed by atoms with Crippen LogP contribution >= 0.6 is 39.5 Å². The molecule has 2 rings (SSSR count). The molecule has 104 valence electrons. The molecule has 2 N–H and O–H groups in total. The Balaban J connectivity index is 1.98. The Morgan fingerprint density at radius 2 is 2.20 bits per heavy atom. The number of benzene rings is 1. The Morgan fingerprint density at radius 1 is 1.40 bits per heavy atom. The minimum absolute atomic E-state index is 0.218. The first-order valence-electron chi connectivity index (χ1n) is 5.59. The topological polar surface area (TPSA) is 50.4 Å². The zero-order valence-corrected chi connectivity index (χ0v) is 13.7. The van der Waals surface area contributed by atoms with Crippen molar-refractivity contribution in [3.8, 4) is 5.75 Å². The van der Waals surface area contributed by atoms with Crippen molar-refractivity contribution >= 4 is 56.2 Å². The molecule has 1 aromatic heterocycles. The lowest BCUT2D eigenvalue weighted by Gasteiger charge is -2.10. The highest BCUT2D eigenvalue weighted by Crippen LogP contribution is 2.27. The summed E-state index contributed by atoms with van der Waals surface area (Å²) in [5, 5.41) is 7.66. The summed E-state index contributed by atoms with van der Waals surface area (Å²) >= 11 is 9.85. The fraction of sp³-hybridized carbons (Fsp3) is 0.0769. The van der Waals surface area contributed by atoms with Gasteiger partial charge in [-0.3, -0.25) is 10.1 Å². The number of anilines is 1. The minimum atomic E-state index is -0.218. The van der Waals surface area contributed by atoms with Crippen LogP contribution in [0.1, 0.15) is 9.67 Å². The molecule has 1 aromatic carbocycles. The second-order valence-corrected chi connectivity index (χ2v) is 5.95. The zero-order chi connectivity index (χ0) is 14.5. The number of hydrogen-bond donors (Lipinski definition) is 2. The Morgan fingerprint density at radius 3 is 2.80 bits per heavy atom. The van der Waals surface area contributed by atoms with E-state index in [1.807, 2.05) is 23.6 Å². The Labute approximate surface area is 134 Å². The van der Waals surface area contributed by atoms with Crippen LogP contribution < -0.4 is 15.4 Å². The first kappa shape index (κ1) is 15.0. The number of carbonyl (C=O) groups excluding carboxylic acids is 1. The summed E-state index contributed by atoms with van der Waals surface area (Å²) in [7, 11) is 1.60. The molecule has 0 spiro atoms. The Hall–Kier alpha value is -1.44. The molecule has 20 heavy (non-hydrogen) atoms. The van der Waals surface area contributed by atoms with Crippen molar-refractivity contribution in [2.75, 3.05) is 12.4 Å². The van der Waals surface area contributed by atoms with Crippen molar-refractivity contribution in [3.05, 3.63) is 45.1 Å². The van der Waals surface area contributed by atoms with Gasteiger partial charge in [0, 0.05) is 5.69 Å². The summed E-state index contributed by atoms with van der Waals surface area (Å²) < 4.78 is 5.95. The predicted octanol–water partition coefficient (Wildman–Crippen LogP) is 3.65. The highest BCUT2D eigenvalue weighted by Gasteiger charge is 2.09. The van der Waals surface area contributed by atoms with Crippen LogP contribution in [0.5, 0.6) is 5.75 Å². The average Bonchev–Trinajstić information content (AvgIpc) is 2.92. The van der Waals surface area contributed by atoms with Gasteiger partial charge in [0.25, 0.3) is 5.91 Å². The number of halogens is 1. The lowest BCUT2D eigenvalue weighted by molar-refractivity contribution is 0.0981. The van der Waals surface area contributed by atoms with E-state index in [1.54, 1.807) is 19.2 Å². The molecule has 0 radical (unpaired) electrons. The van der Waals surface area contributed by atoms with E-state index < -0.39 is 0 Å². The molecule has 0 aliphatic rings. The lowest BCUT2D eigenvalue weighted by Crippen LogP contribution is -2.33. The Bertz CT molecular complexity index is 629. The van der Waals surface area contributed by atoms with Gasteiger partial charge in [-0.05, 0) is 57.8 Å². The number of carbonyl (C=O) groups is 1. The van der Waals surface area contributed by atoms with E-state index in [2.05, 4.69) is 26.6 Å². The largest absolute Gasteiger partial charge is 0.496 e. The molecule has 7 heteroatoms. The van der Waals surface area contributed by atoms with E-state index in [1.165, 1.54) is 11.3 Å². The van der Waals surface area contributed by atoms with Gasteiger partial charge in [0.15, 0.2) is 5.11 Å². The maximum atomic E-state index is 11.8. The van der Waals surface area contributed by atoms with Gasteiger partial charge in [0.2, 0.25) is 0 Å².